The number of carbonyl (C=O) groups is 2. The van der Waals surface area contributed by atoms with Gasteiger partial charge < -0.3 is 10.6 Å². The van der Waals surface area contributed by atoms with Gasteiger partial charge in [0.05, 0.1) is 0 Å². The second-order valence-electron chi connectivity index (χ2n) is 8.12. The number of hydrogen-bond acceptors (Lipinski definition) is 4. The topological polar surface area (TPSA) is 98.0 Å². The fourth-order valence-electron chi connectivity index (χ4n) is 3.79. The maximum Gasteiger partial charge on any atom is 0.346 e. The van der Waals surface area contributed by atoms with Crippen molar-refractivity contribution in [1.29, 1.82) is 0 Å². The minimum Gasteiger partial charge on any atom is -0.350 e. The summed E-state index contributed by atoms with van der Waals surface area (Å²) in [6.45, 7) is 2.81. The second-order valence-corrected chi connectivity index (χ2v) is 8.12. The molecule has 8 heteroatoms. The van der Waals surface area contributed by atoms with E-state index in [4.69, 9.17) is 0 Å². The third kappa shape index (κ3) is 5.14. The molecule has 0 aliphatic carbocycles. The van der Waals surface area contributed by atoms with E-state index < -0.39 is 0 Å². The quantitative estimate of drug-likeness (QED) is 0.624. The Morgan fingerprint density at radius 1 is 1.06 bits per heavy atom. The van der Waals surface area contributed by atoms with Gasteiger partial charge >= 0.3 is 5.69 Å². The molecule has 0 radical (unpaired) electrons. The fourth-order valence-corrected chi connectivity index (χ4v) is 3.79. The first-order valence-corrected chi connectivity index (χ1v) is 10.9. The molecule has 2 aromatic carbocycles. The molecule has 3 aromatic rings. The highest BCUT2D eigenvalue weighted by molar-refractivity contribution is 6.04. The van der Waals surface area contributed by atoms with Crippen LogP contribution in [0.2, 0.25) is 0 Å². The lowest BCUT2D eigenvalue weighted by Gasteiger charge is -2.09. The Hall–Kier alpha value is -3.68. The molecule has 2 heterocycles. The minimum absolute atomic E-state index is 0.108. The van der Waals surface area contributed by atoms with Crippen LogP contribution < -0.4 is 16.3 Å². The van der Waals surface area contributed by atoms with Gasteiger partial charge in [-0.1, -0.05) is 36.2 Å². The van der Waals surface area contributed by atoms with Gasteiger partial charge in [-0.3, -0.25) is 14.2 Å². The average molecular weight is 434 g/mol. The smallest absolute Gasteiger partial charge is 0.346 e. The normalized spacial score (nSPS) is 13.2. The molecule has 0 saturated carbocycles. The number of carbonyl (C=O) groups excluding carboxylic acids is 2. The van der Waals surface area contributed by atoms with E-state index in [0.29, 0.717) is 17.8 Å². The predicted molar refractivity (Wildman–Crippen MR) is 121 cm³/mol. The third-order valence-corrected chi connectivity index (χ3v) is 5.56. The molecule has 0 atom stereocenters. The zero-order valence-corrected chi connectivity index (χ0v) is 18.1. The van der Waals surface area contributed by atoms with Crippen LogP contribution in [-0.4, -0.2) is 26.2 Å². The first-order valence-electron chi connectivity index (χ1n) is 10.9. The van der Waals surface area contributed by atoms with Crippen LogP contribution in [0.3, 0.4) is 0 Å². The molecule has 2 amide bonds. The highest BCUT2D eigenvalue weighted by atomic mass is 16.2. The van der Waals surface area contributed by atoms with Crippen LogP contribution in [0.1, 0.15) is 46.6 Å². The van der Waals surface area contributed by atoms with E-state index in [2.05, 4.69) is 15.7 Å². The molecule has 0 bridgehead atoms. The Morgan fingerprint density at radius 3 is 2.69 bits per heavy atom. The lowest BCUT2D eigenvalue weighted by atomic mass is 10.1. The molecule has 166 valence electrons. The summed E-state index contributed by atoms with van der Waals surface area (Å²) in [4.78, 5) is 37.3. The van der Waals surface area contributed by atoms with Crippen molar-refractivity contribution in [2.24, 2.45) is 0 Å². The van der Waals surface area contributed by atoms with Gasteiger partial charge in [-0.15, -0.1) is 0 Å². The Morgan fingerprint density at radius 2 is 1.88 bits per heavy atom. The number of nitrogens with one attached hydrogen (secondary N) is 2. The molecule has 2 N–H and O–H groups in total. The van der Waals surface area contributed by atoms with E-state index in [1.165, 1.54) is 4.68 Å². The number of amides is 2. The number of benzene rings is 2. The van der Waals surface area contributed by atoms with Crippen molar-refractivity contribution in [2.45, 2.75) is 52.2 Å². The van der Waals surface area contributed by atoms with Crippen LogP contribution in [0.5, 0.6) is 0 Å². The van der Waals surface area contributed by atoms with E-state index in [1.54, 1.807) is 22.8 Å². The molecule has 1 aliphatic heterocycles. The molecule has 0 unspecified atom stereocenters. The molecular weight excluding hydrogens is 406 g/mol. The Balaban J connectivity index is 1.34. The highest BCUT2D eigenvalue weighted by Crippen LogP contribution is 2.13. The Kier molecular flexibility index (Phi) is 6.49. The van der Waals surface area contributed by atoms with E-state index in [0.717, 1.165) is 42.6 Å². The van der Waals surface area contributed by atoms with Crippen LogP contribution >= 0.6 is 0 Å². The summed E-state index contributed by atoms with van der Waals surface area (Å²) in [6.07, 6.45) is 3.83. The standard InChI is InChI=1S/C24H27N5O3/c1-17-9-11-19(12-10-17)23(31)26-20-7-5-6-18(14-20)15-25-22(30)16-29-24(32)28-13-4-2-3-8-21(28)27-29/h5-7,9-12,14H,2-4,8,13,15-16H2,1H3,(H,25,30)(H,26,31). The molecular formula is C24H27N5O3. The first-order chi connectivity index (χ1) is 15.5. The summed E-state index contributed by atoms with van der Waals surface area (Å²) in [5.74, 6) is 0.289. The van der Waals surface area contributed by atoms with Gasteiger partial charge in [0.1, 0.15) is 12.4 Å². The zero-order chi connectivity index (χ0) is 22.5. The maximum absolute atomic E-state index is 12.5. The molecule has 4 rings (SSSR count). The largest absolute Gasteiger partial charge is 0.350 e. The first kappa shape index (κ1) is 21.5. The zero-order valence-electron chi connectivity index (χ0n) is 18.1. The second kappa shape index (κ2) is 9.64. The van der Waals surface area contributed by atoms with Gasteiger partial charge in [-0.05, 0) is 49.6 Å². The van der Waals surface area contributed by atoms with E-state index >= 15 is 0 Å². The fraction of sp³-hybridized carbons (Fsp3) is 0.333. The van der Waals surface area contributed by atoms with Gasteiger partial charge in [-0.2, -0.15) is 5.10 Å². The van der Waals surface area contributed by atoms with Gasteiger partial charge in [-0.25, -0.2) is 9.48 Å². The van der Waals surface area contributed by atoms with Crippen LogP contribution in [-0.2, 0) is 30.8 Å². The maximum atomic E-state index is 12.5. The monoisotopic (exact) mass is 433 g/mol. The van der Waals surface area contributed by atoms with E-state index in [1.807, 2.05) is 37.3 Å². The van der Waals surface area contributed by atoms with Crippen molar-refractivity contribution < 1.29 is 9.59 Å². The lowest BCUT2D eigenvalue weighted by molar-refractivity contribution is -0.122. The molecule has 1 aliphatic rings. The number of nitrogens with zero attached hydrogens (tertiary/aromatic N) is 3. The summed E-state index contributed by atoms with van der Waals surface area (Å²) in [7, 11) is 0. The van der Waals surface area contributed by atoms with Crippen LogP contribution in [0.15, 0.2) is 53.3 Å². The lowest BCUT2D eigenvalue weighted by Crippen LogP contribution is -2.33. The SMILES string of the molecule is Cc1ccc(C(=O)Nc2cccc(CNC(=O)Cn3nc4n(c3=O)CCCCC4)c2)cc1. The number of rotatable bonds is 6. The highest BCUT2D eigenvalue weighted by Gasteiger charge is 2.17. The van der Waals surface area contributed by atoms with E-state index in [9.17, 15) is 14.4 Å². The van der Waals surface area contributed by atoms with Crippen molar-refractivity contribution in [2.75, 3.05) is 5.32 Å². The van der Waals surface area contributed by atoms with Crippen molar-refractivity contribution in [3.05, 3.63) is 81.5 Å². The van der Waals surface area contributed by atoms with Crippen LogP contribution in [0, 0.1) is 6.92 Å². The number of aromatic nitrogens is 3. The molecule has 0 spiro atoms. The summed E-state index contributed by atoms with van der Waals surface area (Å²) < 4.78 is 2.93. The Bertz CT molecular complexity index is 1180. The minimum atomic E-state index is -0.283. The molecule has 0 fully saturated rings. The summed E-state index contributed by atoms with van der Waals surface area (Å²) in [5, 5.41) is 10.0. The summed E-state index contributed by atoms with van der Waals surface area (Å²) >= 11 is 0. The molecule has 1 aromatic heterocycles. The number of anilines is 1. The van der Waals surface area contributed by atoms with Crippen LogP contribution in [0.4, 0.5) is 5.69 Å². The number of hydrogen-bond donors (Lipinski definition) is 2. The van der Waals surface area contributed by atoms with Crippen molar-refractivity contribution >= 4 is 17.5 Å². The molecule has 32 heavy (non-hydrogen) atoms. The molecule has 0 saturated heterocycles. The van der Waals surface area contributed by atoms with Gasteiger partial charge in [0.15, 0.2) is 0 Å². The third-order valence-electron chi connectivity index (χ3n) is 5.56. The number of fused-ring (bicyclic) bond motifs is 1. The van der Waals surface area contributed by atoms with Gasteiger partial charge in [0.2, 0.25) is 5.91 Å². The van der Waals surface area contributed by atoms with Crippen molar-refractivity contribution in [3.8, 4) is 0 Å². The molecule has 8 nitrogen and oxygen atoms in total. The van der Waals surface area contributed by atoms with Gasteiger partial charge in [0, 0.05) is 30.8 Å². The van der Waals surface area contributed by atoms with Crippen LogP contribution in [0.25, 0.3) is 0 Å². The van der Waals surface area contributed by atoms with Crippen molar-refractivity contribution in [1.82, 2.24) is 19.7 Å². The predicted octanol–water partition coefficient (Wildman–Crippen LogP) is 2.65. The van der Waals surface area contributed by atoms with Crippen molar-refractivity contribution in [3.63, 3.8) is 0 Å². The van der Waals surface area contributed by atoms with Gasteiger partial charge in [0.25, 0.3) is 5.91 Å². The average Bonchev–Trinajstić information content (AvgIpc) is 2.93. The van der Waals surface area contributed by atoms with E-state index in [-0.39, 0.29) is 30.6 Å². The Labute approximate surface area is 186 Å². The summed E-state index contributed by atoms with van der Waals surface area (Å²) in [6, 6.07) is 14.7. The number of aryl methyl sites for hydroxylation is 2. The summed E-state index contributed by atoms with van der Waals surface area (Å²) in [5.41, 5.74) is 2.94.